The number of hydrogen-bond donors (Lipinski definition) is 1. The van der Waals surface area contributed by atoms with Crippen molar-refractivity contribution in [2.75, 3.05) is 19.0 Å². The zero-order chi connectivity index (χ0) is 15.2. The van der Waals surface area contributed by atoms with Gasteiger partial charge in [-0.3, -0.25) is 0 Å². The van der Waals surface area contributed by atoms with Gasteiger partial charge in [-0.15, -0.1) is 0 Å². The number of anilines is 1. The van der Waals surface area contributed by atoms with Gasteiger partial charge in [0.2, 0.25) is 0 Å². The highest BCUT2D eigenvalue weighted by Crippen LogP contribution is 2.32. The Morgan fingerprint density at radius 2 is 1.90 bits per heavy atom. The van der Waals surface area contributed by atoms with Crippen LogP contribution in [0.15, 0.2) is 46.9 Å². The summed E-state index contributed by atoms with van der Waals surface area (Å²) in [4.78, 5) is 0. The third kappa shape index (κ3) is 3.91. The van der Waals surface area contributed by atoms with Crippen LogP contribution in [0.2, 0.25) is 0 Å². The Morgan fingerprint density at radius 3 is 2.57 bits per heavy atom. The summed E-state index contributed by atoms with van der Waals surface area (Å²) in [6.45, 7) is 4.70. The molecule has 1 atom stereocenters. The standard InChI is InChI=1S/C17H20BrNO2/c1-4-21-17-11-13(9-10-16(17)20-3)19-12(2)14-7-5-6-8-15(14)18/h5-12,19H,4H2,1-3H3. The molecule has 0 spiro atoms. The monoisotopic (exact) mass is 349 g/mol. The largest absolute Gasteiger partial charge is 0.493 e. The van der Waals surface area contributed by atoms with Crippen molar-refractivity contribution in [2.24, 2.45) is 0 Å². The summed E-state index contributed by atoms with van der Waals surface area (Å²) in [7, 11) is 1.65. The molecule has 0 radical (unpaired) electrons. The predicted octanol–water partition coefficient (Wildman–Crippen LogP) is 5.03. The van der Waals surface area contributed by atoms with Gasteiger partial charge < -0.3 is 14.8 Å². The van der Waals surface area contributed by atoms with Gasteiger partial charge in [-0.2, -0.15) is 0 Å². The zero-order valence-corrected chi connectivity index (χ0v) is 14.1. The minimum atomic E-state index is 0.184. The highest BCUT2D eigenvalue weighted by molar-refractivity contribution is 9.10. The van der Waals surface area contributed by atoms with Gasteiger partial charge in [0.1, 0.15) is 0 Å². The molecule has 4 heteroatoms. The lowest BCUT2D eigenvalue weighted by Gasteiger charge is -2.18. The van der Waals surface area contributed by atoms with Crippen molar-refractivity contribution in [3.63, 3.8) is 0 Å². The maximum atomic E-state index is 5.61. The molecule has 0 aliphatic heterocycles. The molecule has 0 saturated heterocycles. The first-order valence-corrected chi connectivity index (χ1v) is 7.76. The first-order valence-electron chi connectivity index (χ1n) is 6.97. The van der Waals surface area contributed by atoms with Crippen LogP contribution in [0, 0.1) is 0 Å². The molecule has 0 amide bonds. The predicted molar refractivity (Wildman–Crippen MR) is 90.3 cm³/mol. The first kappa shape index (κ1) is 15.7. The molecule has 1 N–H and O–H groups in total. The van der Waals surface area contributed by atoms with Crippen molar-refractivity contribution in [3.8, 4) is 11.5 Å². The Hall–Kier alpha value is -1.68. The van der Waals surface area contributed by atoms with Crippen molar-refractivity contribution >= 4 is 21.6 Å². The topological polar surface area (TPSA) is 30.5 Å². The van der Waals surface area contributed by atoms with E-state index >= 15 is 0 Å². The average molecular weight is 350 g/mol. The quantitative estimate of drug-likeness (QED) is 0.793. The van der Waals surface area contributed by atoms with Crippen LogP contribution in [0.1, 0.15) is 25.5 Å². The lowest BCUT2D eigenvalue weighted by atomic mass is 10.1. The van der Waals surface area contributed by atoms with Crippen LogP contribution >= 0.6 is 15.9 Å². The molecule has 112 valence electrons. The Labute approximate surface area is 134 Å². The molecule has 0 saturated carbocycles. The highest BCUT2D eigenvalue weighted by atomic mass is 79.9. The van der Waals surface area contributed by atoms with E-state index in [0.29, 0.717) is 6.61 Å². The fourth-order valence-electron chi connectivity index (χ4n) is 2.19. The second-order valence-electron chi connectivity index (χ2n) is 4.69. The second kappa shape index (κ2) is 7.36. The Kier molecular flexibility index (Phi) is 5.51. The van der Waals surface area contributed by atoms with E-state index in [9.17, 15) is 0 Å². The van der Waals surface area contributed by atoms with Crippen molar-refractivity contribution in [2.45, 2.75) is 19.9 Å². The van der Waals surface area contributed by atoms with Crippen LogP contribution in [-0.2, 0) is 0 Å². The van der Waals surface area contributed by atoms with Gasteiger partial charge in [0.25, 0.3) is 0 Å². The molecule has 2 aromatic rings. The number of benzene rings is 2. The van der Waals surface area contributed by atoms with Crippen molar-refractivity contribution < 1.29 is 9.47 Å². The maximum Gasteiger partial charge on any atom is 0.163 e. The highest BCUT2D eigenvalue weighted by Gasteiger charge is 2.11. The fraction of sp³-hybridized carbons (Fsp3) is 0.294. The van der Waals surface area contributed by atoms with E-state index in [-0.39, 0.29) is 6.04 Å². The average Bonchev–Trinajstić information content (AvgIpc) is 2.48. The summed E-state index contributed by atoms with van der Waals surface area (Å²) in [5, 5.41) is 3.48. The number of halogens is 1. The lowest BCUT2D eigenvalue weighted by Crippen LogP contribution is -2.07. The summed E-state index contributed by atoms with van der Waals surface area (Å²) in [5.41, 5.74) is 2.22. The summed E-state index contributed by atoms with van der Waals surface area (Å²) in [6, 6.07) is 14.3. The molecule has 0 fully saturated rings. The van der Waals surface area contributed by atoms with Crippen LogP contribution in [0.4, 0.5) is 5.69 Å². The minimum absolute atomic E-state index is 0.184. The Bertz CT molecular complexity index is 601. The van der Waals surface area contributed by atoms with Gasteiger partial charge in [0, 0.05) is 22.3 Å². The molecule has 1 unspecified atom stereocenters. The van der Waals surface area contributed by atoms with E-state index in [1.807, 2.05) is 43.3 Å². The van der Waals surface area contributed by atoms with Crippen molar-refractivity contribution in [3.05, 3.63) is 52.5 Å². The lowest BCUT2D eigenvalue weighted by molar-refractivity contribution is 0.311. The molecule has 0 bridgehead atoms. The molecule has 0 aliphatic rings. The van der Waals surface area contributed by atoms with E-state index in [1.54, 1.807) is 7.11 Å². The van der Waals surface area contributed by atoms with Crippen LogP contribution in [-0.4, -0.2) is 13.7 Å². The Morgan fingerprint density at radius 1 is 1.14 bits per heavy atom. The summed E-state index contributed by atoms with van der Waals surface area (Å²) in [6.07, 6.45) is 0. The zero-order valence-electron chi connectivity index (χ0n) is 12.5. The third-order valence-corrected chi connectivity index (χ3v) is 3.94. The maximum absolute atomic E-state index is 5.61. The van der Waals surface area contributed by atoms with E-state index in [1.165, 1.54) is 5.56 Å². The van der Waals surface area contributed by atoms with Crippen LogP contribution in [0.25, 0.3) is 0 Å². The van der Waals surface area contributed by atoms with Gasteiger partial charge in [0.05, 0.1) is 13.7 Å². The molecule has 0 aromatic heterocycles. The molecule has 3 nitrogen and oxygen atoms in total. The molecule has 21 heavy (non-hydrogen) atoms. The molecule has 2 aromatic carbocycles. The van der Waals surface area contributed by atoms with E-state index in [4.69, 9.17) is 9.47 Å². The smallest absolute Gasteiger partial charge is 0.163 e. The minimum Gasteiger partial charge on any atom is -0.493 e. The SMILES string of the molecule is CCOc1cc(NC(C)c2ccccc2Br)ccc1OC. The summed E-state index contributed by atoms with van der Waals surface area (Å²) < 4.78 is 12.0. The number of hydrogen-bond acceptors (Lipinski definition) is 3. The molecule has 0 aliphatic carbocycles. The number of rotatable bonds is 6. The molecule has 2 rings (SSSR count). The normalized spacial score (nSPS) is 11.8. The van der Waals surface area contributed by atoms with Gasteiger partial charge >= 0.3 is 0 Å². The Balaban J connectivity index is 2.19. The number of ether oxygens (including phenoxy) is 2. The van der Waals surface area contributed by atoms with Gasteiger partial charge in [-0.1, -0.05) is 34.1 Å². The van der Waals surface area contributed by atoms with Gasteiger partial charge in [0.15, 0.2) is 11.5 Å². The summed E-state index contributed by atoms with van der Waals surface area (Å²) >= 11 is 3.59. The fourth-order valence-corrected chi connectivity index (χ4v) is 2.82. The van der Waals surface area contributed by atoms with Crippen molar-refractivity contribution in [1.82, 2.24) is 0 Å². The van der Waals surface area contributed by atoms with E-state index in [0.717, 1.165) is 21.7 Å². The third-order valence-electron chi connectivity index (χ3n) is 3.22. The first-order chi connectivity index (χ1) is 10.2. The summed E-state index contributed by atoms with van der Waals surface area (Å²) in [5.74, 6) is 1.50. The molecular formula is C17H20BrNO2. The van der Waals surface area contributed by atoms with Crippen LogP contribution in [0.3, 0.4) is 0 Å². The van der Waals surface area contributed by atoms with Gasteiger partial charge in [-0.25, -0.2) is 0 Å². The molecule has 0 heterocycles. The van der Waals surface area contributed by atoms with Crippen LogP contribution < -0.4 is 14.8 Å². The van der Waals surface area contributed by atoms with Gasteiger partial charge in [-0.05, 0) is 37.6 Å². The second-order valence-corrected chi connectivity index (χ2v) is 5.54. The number of nitrogens with one attached hydrogen (secondary N) is 1. The van der Waals surface area contributed by atoms with Crippen molar-refractivity contribution in [1.29, 1.82) is 0 Å². The molecular weight excluding hydrogens is 330 g/mol. The number of methoxy groups -OCH3 is 1. The van der Waals surface area contributed by atoms with E-state index in [2.05, 4.69) is 34.2 Å². The van der Waals surface area contributed by atoms with E-state index < -0.39 is 0 Å². The van der Waals surface area contributed by atoms with Crippen LogP contribution in [0.5, 0.6) is 11.5 Å².